The van der Waals surface area contributed by atoms with Crippen LogP contribution in [-0.4, -0.2) is 18.4 Å². The van der Waals surface area contributed by atoms with Crippen LogP contribution in [0.2, 0.25) is 14.8 Å². The molecular weight excluding hydrogens is 277 g/mol. The van der Waals surface area contributed by atoms with Crippen LogP contribution < -0.4 is 5.32 Å². The molecule has 1 N–H and O–H groups in total. The van der Waals surface area contributed by atoms with Crippen molar-refractivity contribution in [1.82, 2.24) is 5.32 Å². The predicted octanol–water partition coefficient (Wildman–Crippen LogP) is 3.18. The zero-order valence-corrected chi connectivity index (χ0v) is 11.9. The fraction of sp³-hybridized carbons (Fsp3) is 0.333. The van der Waals surface area contributed by atoms with Crippen LogP contribution in [0.4, 0.5) is 0 Å². The fourth-order valence-electron chi connectivity index (χ4n) is 1.97. The predicted molar refractivity (Wildman–Crippen MR) is 64.7 cm³/mol. The normalized spacial score (nSPS) is 20.1. The van der Waals surface area contributed by atoms with E-state index in [0.717, 1.165) is 0 Å². The van der Waals surface area contributed by atoms with Gasteiger partial charge in [0.05, 0.1) is 0 Å². The molecule has 1 aliphatic heterocycles. The van der Waals surface area contributed by atoms with Crippen LogP contribution in [0.1, 0.15) is 15.2 Å². The van der Waals surface area contributed by atoms with Crippen molar-refractivity contribution in [2.24, 2.45) is 0 Å². The van der Waals surface area contributed by atoms with Gasteiger partial charge in [-0.15, -0.1) is 0 Å². The van der Waals surface area contributed by atoms with Gasteiger partial charge in [-0.05, 0) is 0 Å². The molecule has 0 saturated heterocycles. The van der Waals surface area contributed by atoms with Gasteiger partial charge in [0.15, 0.2) is 0 Å². The molecule has 1 aliphatic rings. The zero-order chi connectivity index (χ0) is 10.2. The summed E-state index contributed by atoms with van der Waals surface area (Å²) in [4.78, 5) is 7.42. The SMILES string of the molecule is [CH3][Sn]([CH3])([CH3])[CH]1NC=Cc2ccccc21. The van der Waals surface area contributed by atoms with E-state index >= 15 is 0 Å². The monoisotopic (exact) mass is 295 g/mol. The van der Waals surface area contributed by atoms with Crippen molar-refractivity contribution in [3.63, 3.8) is 0 Å². The van der Waals surface area contributed by atoms with Gasteiger partial charge >= 0.3 is 90.2 Å². The molecule has 2 heteroatoms. The Balaban J connectivity index is 2.46. The van der Waals surface area contributed by atoms with Crippen molar-refractivity contribution < 1.29 is 0 Å². The van der Waals surface area contributed by atoms with Crippen LogP contribution in [0.3, 0.4) is 0 Å². The fourth-order valence-corrected chi connectivity index (χ4v) is 7.08. The van der Waals surface area contributed by atoms with Crippen molar-refractivity contribution in [3.05, 3.63) is 41.6 Å². The van der Waals surface area contributed by atoms with Crippen molar-refractivity contribution >= 4 is 24.5 Å². The Labute approximate surface area is 90.1 Å². The van der Waals surface area contributed by atoms with E-state index in [2.05, 4.69) is 56.7 Å². The average molecular weight is 294 g/mol. The van der Waals surface area contributed by atoms with Crippen molar-refractivity contribution in [3.8, 4) is 0 Å². The molecule has 1 aromatic rings. The molecule has 1 unspecified atom stereocenters. The van der Waals surface area contributed by atoms with Gasteiger partial charge in [0.2, 0.25) is 0 Å². The van der Waals surface area contributed by atoms with E-state index in [1.54, 1.807) is 0 Å². The van der Waals surface area contributed by atoms with Crippen LogP contribution >= 0.6 is 0 Å². The second kappa shape index (κ2) is 3.61. The van der Waals surface area contributed by atoms with Crippen LogP contribution in [-0.2, 0) is 0 Å². The zero-order valence-electron chi connectivity index (χ0n) is 9.04. The van der Waals surface area contributed by atoms with E-state index < -0.39 is 18.4 Å². The van der Waals surface area contributed by atoms with Gasteiger partial charge in [0.1, 0.15) is 0 Å². The third-order valence-corrected chi connectivity index (χ3v) is 9.01. The molecule has 1 atom stereocenters. The van der Waals surface area contributed by atoms with Crippen LogP contribution in [0.25, 0.3) is 6.08 Å². The summed E-state index contributed by atoms with van der Waals surface area (Å²) >= 11 is -1.90. The first-order valence-electron chi connectivity index (χ1n) is 5.10. The molecule has 0 aromatic heterocycles. The number of rotatable bonds is 1. The van der Waals surface area contributed by atoms with Gasteiger partial charge in [-0.25, -0.2) is 0 Å². The van der Waals surface area contributed by atoms with Crippen LogP contribution in [0.5, 0.6) is 0 Å². The van der Waals surface area contributed by atoms with E-state index in [1.807, 2.05) is 0 Å². The number of benzene rings is 1. The molecule has 1 heterocycles. The summed E-state index contributed by atoms with van der Waals surface area (Å²) in [5.74, 6) is 0. The summed E-state index contributed by atoms with van der Waals surface area (Å²) < 4.78 is 0.630. The summed E-state index contributed by atoms with van der Waals surface area (Å²) in [6.45, 7) is 0. The third-order valence-electron chi connectivity index (χ3n) is 2.70. The quantitative estimate of drug-likeness (QED) is 0.784. The number of hydrogen-bond acceptors (Lipinski definition) is 1. The Morgan fingerprint density at radius 3 is 2.57 bits per heavy atom. The summed E-state index contributed by atoms with van der Waals surface area (Å²) in [6.07, 6.45) is 4.28. The minimum absolute atomic E-state index is 0.630. The molecule has 0 aliphatic carbocycles. The molecule has 0 fully saturated rings. The van der Waals surface area contributed by atoms with Gasteiger partial charge in [0, 0.05) is 0 Å². The molecule has 0 bridgehead atoms. The van der Waals surface area contributed by atoms with E-state index in [1.165, 1.54) is 11.1 Å². The van der Waals surface area contributed by atoms with Crippen molar-refractivity contribution in [2.75, 3.05) is 0 Å². The van der Waals surface area contributed by atoms with Crippen molar-refractivity contribution in [1.29, 1.82) is 0 Å². The van der Waals surface area contributed by atoms with Gasteiger partial charge < -0.3 is 0 Å². The Hall–Kier alpha value is -0.441. The summed E-state index contributed by atoms with van der Waals surface area (Å²) in [7, 11) is 0. The number of hydrogen-bond donors (Lipinski definition) is 1. The van der Waals surface area contributed by atoms with E-state index in [9.17, 15) is 0 Å². The van der Waals surface area contributed by atoms with Crippen LogP contribution in [0.15, 0.2) is 30.5 Å². The molecule has 1 aromatic carbocycles. The van der Waals surface area contributed by atoms with Gasteiger partial charge in [-0.3, -0.25) is 0 Å². The van der Waals surface area contributed by atoms with E-state index in [0.29, 0.717) is 4.06 Å². The number of fused-ring (bicyclic) bond motifs is 1. The molecule has 74 valence electrons. The molecule has 0 radical (unpaired) electrons. The Morgan fingerprint density at radius 2 is 1.86 bits per heavy atom. The molecule has 0 spiro atoms. The van der Waals surface area contributed by atoms with Crippen molar-refractivity contribution in [2.45, 2.75) is 18.9 Å². The molecule has 0 amide bonds. The summed E-state index contributed by atoms with van der Waals surface area (Å²) in [5.41, 5.74) is 2.89. The first-order valence-corrected chi connectivity index (χ1v) is 15.3. The third kappa shape index (κ3) is 1.83. The van der Waals surface area contributed by atoms with Gasteiger partial charge in [0.25, 0.3) is 0 Å². The first-order chi connectivity index (χ1) is 6.59. The van der Waals surface area contributed by atoms with Gasteiger partial charge in [-0.2, -0.15) is 0 Å². The van der Waals surface area contributed by atoms with E-state index in [-0.39, 0.29) is 0 Å². The molecule has 1 nitrogen and oxygen atoms in total. The van der Waals surface area contributed by atoms with E-state index in [4.69, 9.17) is 0 Å². The molecule has 2 rings (SSSR count). The minimum atomic E-state index is -1.90. The maximum atomic E-state index is 3.53. The molecule has 14 heavy (non-hydrogen) atoms. The topological polar surface area (TPSA) is 12.0 Å². The molecule has 0 saturated carbocycles. The Morgan fingerprint density at radius 1 is 1.14 bits per heavy atom. The second-order valence-electron chi connectivity index (χ2n) is 4.93. The summed E-state index contributed by atoms with van der Waals surface area (Å²) in [5, 5.41) is 3.53. The molecular formula is C12H17NSn. The summed E-state index contributed by atoms with van der Waals surface area (Å²) in [6, 6.07) is 8.73. The van der Waals surface area contributed by atoms with Gasteiger partial charge in [-0.1, -0.05) is 0 Å². The first kappa shape index (κ1) is 10.1. The maximum absolute atomic E-state index is 3.53. The standard InChI is InChI=1S/C9H8N.3CH3.Sn/c1-2-4-9-7-10-6-5-8(9)3-1;;;;/h1-7,10H;3*1H3;. The Kier molecular flexibility index (Phi) is 2.60. The van der Waals surface area contributed by atoms with Crippen LogP contribution in [0, 0.1) is 0 Å². The number of nitrogens with one attached hydrogen (secondary N) is 1. The second-order valence-corrected chi connectivity index (χ2v) is 20.1. The Bertz CT molecular complexity index is 363. The average Bonchev–Trinajstić information content (AvgIpc) is 2.15.